The van der Waals surface area contributed by atoms with Crippen LogP contribution in [0.3, 0.4) is 0 Å². The monoisotopic (exact) mass is 1410 g/mol. The van der Waals surface area contributed by atoms with Crippen LogP contribution >= 0.6 is 27.7 Å². The SMILES string of the molecule is CCC[C@H](CC(=O)Cc1ccc(C)cc1)C(=O)O.CC[C@H](C)[C@@H](CC(=O)Cc1ccc(Br)cc1)C(=O)O.CSc1ccc(CC(=O)C[C@@H](CC(C)C)C(=O)O)cc1.Cc1ccc(CC(=O)CC(C)(CC(C)C)C(=O)O)cc1.Cc1ccc(CC(=O)C[C@@H](CC(C)C)C(=O)O)cc1. The second-order valence-corrected chi connectivity index (χ2v) is 28.7. The summed E-state index contributed by atoms with van der Waals surface area (Å²) >= 11 is 4.99. The van der Waals surface area contributed by atoms with Gasteiger partial charge in [-0.3, -0.25) is 47.9 Å². The number of benzene rings is 5. The van der Waals surface area contributed by atoms with Gasteiger partial charge in [-0.15, -0.1) is 11.8 Å². The molecular formula is C79H107BrO15S. The second-order valence-electron chi connectivity index (χ2n) is 26.9. The topological polar surface area (TPSA) is 272 Å². The molecule has 5 aromatic rings. The molecule has 0 radical (unpaired) electrons. The molecule has 0 fully saturated rings. The van der Waals surface area contributed by atoms with Crippen molar-refractivity contribution in [3.63, 3.8) is 0 Å². The van der Waals surface area contributed by atoms with E-state index in [4.69, 9.17) is 20.4 Å². The van der Waals surface area contributed by atoms with Gasteiger partial charge in [-0.05, 0) is 135 Å². The van der Waals surface area contributed by atoms with Gasteiger partial charge < -0.3 is 25.5 Å². The molecule has 15 nitrogen and oxygen atoms in total. The Hall–Kier alpha value is -7.37. The normalized spacial score (nSPS) is 13.0. The standard InChI is InChI=1S/C17H24O3.C16H22O3S.C16H22O3.C15H19BrO3.C15H20O3/c1-12(2)10-17(4,16(19)20)11-15(18)9-14-7-5-13(3)6-8-14;1-11(2)8-13(16(18)19)10-14(17)9-12-4-6-15(20-3)7-5-12;1-11(2)8-14(16(18)19)10-15(17)9-13-6-4-12(3)5-7-13;1-3-10(2)14(15(18)19)9-13(17)8-11-4-6-12(16)7-5-11;1-3-4-13(15(17)18)10-14(16)9-12-7-5-11(2)6-8-12/h5-8,12H,9-11H2,1-4H3,(H,19,20);4-7,11,13H,8-10H2,1-3H3,(H,18,19);4-7,11,14H,8-10H2,1-3H3,(H,18,19);4-7,10,14H,3,8-9H2,1-2H3,(H,18,19);5-8,13H,3-4,9-10H2,1-2H3,(H,17,18)/t;13-;14-;10-,14+;13-/m.1101/s1. The zero-order chi connectivity index (χ0) is 72.8. The third-order valence-electron chi connectivity index (χ3n) is 16.1. The molecule has 526 valence electrons. The third-order valence-corrected chi connectivity index (χ3v) is 17.4. The smallest absolute Gasteiger partial charge is 0.309 e. The summed E-state index contributed by atoms with van der Waals surface area (Å²) in [5.41, 5.74) is 7.20. The molecule has 0 aliphatic heterocycles. The van der Waals surface area contributed by atoms with E-state index in [1.807, 2.05) is 211 Å². The van der Waals surface area contributed by atoms with Crippen molar-refractivity contribution in [1.29, 1.82) is 0 Å². The van der Waals surface area contributed by atoms with Gasteiger partial charge in [0, 0.05) is 73.6 Å². The van der Waals surface area contributed by atoms with Crippen molar-refractivity contribution in [3.8, 4) is 0 Å². The largest absolute Gasteiger partial charge is 0.481 e. The van der Waals surface area contributed by atoms with E-state index in [1.54, 1.807) is 18.7 Å². The molecule has 0 amide bonds. The molecule has 0 heterocycles. The van der Waals surface area contributed by atoms with Gasteiger partial charge in [0.05, 0.1) is 29.1 Å². The molecule has 0 saturated heterocycles. The number of ketones is 5. The lowest BCUT2D eigenvalue weighted by molar-refractivity contribution is -0.151. The van der Waals surface area contributed by atoms with Crippen LogP contribution in [0.4, 0.5) is 0 Å². The Morgan fingerprint density at radius 3 is 1.02 bits per heavy atom. The lowest BCUT2D eigenvalue weighted by Gasteiger charge is -2.26. The van der Waals surface area contributed by atoms with E-state index >= 15 is 0 Å². The van der Waals surface area contributed by atoms with Crippen LogP contribution in [-0.2, 0) is 80.0 Å². The van der Waals surface area contributed by atoms with Crippen LogP contribution in [0.2, 0.25) is 0 Å². The van der Waals surface area contributed by atoms with Crippen molar-refractivity contribution in [2.75, 3.05) is 6.26 Å². The first-order chi connectivity index (χ1) is 45.0. The fourth-order valence-electron chi connectivity index (χ4n) is 10.8. The average molecular weight is 1410 g/mol. The Morgan fingerprint density at radius 1 is 0.427 bits per heavy atom. The predicted octanol–water partition coefficient (Wildman–Crippen LogP) is 17.2. The highest BCUT2D eigenvalue weighted by molar-refractivity contribution is 9.10. The highest BCUT2D eigenvalue weighted by Crippen LogP contribution is 2.32. The fraction of sp³-hybridized carbons (Fsp3) is 0.494. The van der Waals surface area contributed by atoms with Crippen molar-refractivity contribution in [2.24, 2.45) is 52.8 Å². The molecule has 0 aromatic heterocycles. The maximum absolute atomic E-state index is 12.1. The molecule has 0 saturated carbocycles. The zero-order valence-corrected chi connectivity index (χ0v) is 61.5. The maximum Gasteiger partial charge on any atom is 0.309 e. The number of aliphatic carboxylic acids is 5. The van der Waals surface area contributed by atoms with Gasteiger partial charge in [-0.2, -0.15) is 0 Å². The number of halogens is 1. The molecule has 1 unspecified atom stereocenters. The van der Waals surface area contributed by atoms with E-state index in [1.165, 1.54) is 0 Å². The van der Waals surface area contributed by atoms with Gasteiger partial charge in [0.15, 0.2) is 0 Å². The van der Waals surface area contributed by atoms with Crippen LogP contribution in [0.25, 0.3) is 0 Å². The lowest BCUT2D eigenvalue weighted by atomic mass is 9.77. The van der Waals surface area contributed by atoms with Crippen molar-refractivity contribution >= 4 is 86.5 Å². The molecular weight excluding hydrogens is 1300 g/mol. The van der Waals surface area contributed by atoms with E-state index < -0.39 is 58.9 Å². The minimum Gasteiger partial charge on any atom is -0.481 e. The van der Waals surface area contributed by atoms with E-state index in [9.17, 15) is 53.1 Å². The van der Waals surface area contributed by atoms with Gasteiger partial charge in [0.2, 0.25) is 0 Å². The Bertz CT molecular complexity index is 3210. The number of carbonyl (C=O) groups is 10. The minimum absolute atomic E-state index is 0.000275. The molecule has 0 aliphatic rings. The third kappa shape index (κ3) is 37.8. The first-order valence-corrected chi connectivity index (χ1v) is 35.3. The highest BCUT2D eigenvalue weighted by atomic mass is 79.9. The summed E-state index contributed by atoms with van der Waals surface area (Å²) in [6.07, 6.45) is 7.89. The summed E-state index contributed by atoms with van der Waals surface area (Å²) < 4.78 is 0.965. The van der Waals surface area contributed by atoms with Crippen molar-refractivity contribution in [2.45, 2.75) is 198 Å². The first kappa shape index (κ1) is 86.6. The Balaban J connectivity index is 0.000000600. The summed E-state index contributed by atoms with van der Waals surface area (Å²) in [7, 11) is 0. The Kier molecular flexibility index (Phi) is 41.5. The molecule has 96 heavy (non-hydrogen) atoms. The molecule has 6 atom stereocenters. The zero-order valence-electron chi connectivity index (χ0n) is 59.1. The molecule has 0 aliphatic carbocycles. The minimum atomic E-state index is -0.962. The molecule has 5 aromatic carbocycles. The van der Waals surface area contributed by atoms with E-state index in [0.717, 1.165) is 66.7 Å². The molecule has 0 spiro atoms. The van der Waals surface area contributed by atoms with E-state index in [-0.39, 0.29) is 84.7 Å². The van der Waals surface area contributed by atoms with Crippen LogP contribution in [-0.4, -0.2) is 90.6 Å². The van der Waals surface area contributed by atoms with Crippen LogP contribution in [0, 0.1) is 73.5 Å². The number of rotatable bonds is 36. The molecule has 0 bridgehead atoms. The summed E-state index contributed by atoms with van der Waals surface area (Å²) in [6, 6.07) is 38.7. The average Bonchev–Trinajstić information content (AvgIpc) is 0.924. The number of carboxylic acid groups (broad SMARTS) is 5. The highest BCUT2D eigenvalue weighted by Gasteiger charge is 2.36. The van der Waals surface area contributed by atoms with Crippen molar-refractivity contribution in [1.82, 2.24) is 0 Å². The summed E-state index contributed by atoms with van der Waals surface area (Å²) in [4.78, 5) is 117. The number of Topliss-reactive ketones (excluding diaryl/α,β-unsaturated/α-hetero) is 5. The van der Waals surface area contributed by atoms with E-state index in [0.29, 0.717) is 57.8 Å². The number of aryl methyl sites for hydroxylation is 3. The quantitative estimate of drug-likeness (QED) is 0.0233. The summed E-state index contributed by atoms with van der Waals surface area (Å²) in [6.45, 7) is 25.3. The Labute approximate surface area is 583 Å². The lowest BCUT2D eigenvalue weighted by Crippen LogP contribution is -2.32. The summed E-state index contributed by atoms with van der Waals surface area (Å²) in [5, 5.41) is 45.8. The van der Waals surface area contributed by atoms with Gasteiger partial charge in [-0.1, -0.05) is 205 Å². The van der Waals surface area contributed by atoms with Crippen molar-refractivity contribution in [3.05, 3.63) is 170 Å². The number of carboxylic acids is 5. The van der Waals surface area contributed by atoms with E-state index in [2.05, 4.69) is 15.9 Å². The van der Waals surface area contributed by atoms with Gasteiger partial charge >= 0.3 is 29.8 Å². The second kappa shape index (κ2) is 46.0. The van der Waals surface area contributed by atoms with Crippen LogP contribution in [0.1, 0.15) is 184 Å². The molecule has 5 N–H and O–H groups in total. The fourth-order valence-corrected chi connectivity index (χ4v) is 11.4. The predicted molar refractivity (Wildman–Crippen MR) is 386 cm³/mol. The number of hydrogen-bond donors (Lipinski definition) is 5. The van der Waals surface area contributed by atoms with Crippen LogP contribution in [0.5, 0.6) is 0 Å². The van der Waals surface area contributed by atoms with Crippen LogP contribution < -0.4 is 0 Å². The van der Waals surface area contributed by atoms with Gasteiger partial charge in [-0.25, -0.2) is 0 Å². The van der Waals surface area contributed by atoms with Gasteiger partial charge in [0.1, 0.15) is 28.9 Å². The molecule has 17 heteroatoms. The van der Waals surface area contributed by atoms with Gasteiger partial charge in [0.25, 0.3) is 0 Å². The molecule has 5 rings (SSSR count). The maximum atomic E-state index is 12.1. The first-order valence-electron chi connectivity index (χ1n) is 33.3. The van der Waals surface area contributed by atoms with Crippen LogP contribution in [0.15, 0.2) is 131 Å². The number of thioether (sulfide) groups is 1. The summed E-state index contributed by atoms with van der Waals surface area (Å²) in [5.74, 6) is -5.80. The Morgan fingerprint density at radius 2 is 0.740 bits per heavy atom. The number of carbonyl (C=O) groups excluding carboxylic acids is 5. The van der Waals surface area contributed by atoms with Crippen molar-refractivity contribution < 1.29 is 73.5 Å². The number of hydrogen-bond acceptors (Lipinski definition) is 11.